The highest BCUT2D eigenvalue weighted by Crippen LogP contribution is 2.37. The molecule has 0 amide bonds. The number of hydrogen-bond acceptors (Lipinski definition) is 2. The molecule has 0 radical (unpaired) electrons. The Balaban J connectivity index is 2.05. The number of carboxylic acids is 1. The molecule has 1 aliphatic heterocycles. The van der Waals surface area contributed by atoms with Crippen LogP contribution in [0.2, 0.25) is 0 Å². The van der Waals surface area contributed by atoms with Crippen molar-refractivity contribution >= 4 is 5.97 Å². The predicted molar refractivity (Wildman–Crippen MR) is 72.1 cm³/mol. The summed E-state index contributed by atoms with van der Waals surface area (Å²) in [4.78, 5) is 15.2. The molecular weight excluding hydrogens is 297 g/mol. The average molecular weight is 310 g/mol. The van der Waals surface area contributed by atoms with Crippen molar-refractivity contribution in [3.05, 3.63) is 41.7 Å². The van der Waals surface area contributed by atoms with Crippen LogP contribution in [0.1, 0.15) is 17.7 Å². The smallest absolute Gasteiger partial charge is 0.417 e. The fourth-order valence-electron chi connectivity index (χ4n) is 2.81. The summed E-state index contributed by atoms with van der Waals surface area (Å²) in [6.07, 6.45) is -2.31. The molecule has 7 heteroatoms. The van der Waals surface area contributed by atoms with Gasteiger partial charge in [0.2, 0.25) is 0 Å². The molecule has 2 heterocycles. The van der Waals surface area contributed by atoms with Crippen LogP contribution < -0.4 is 0 Å². The Morgan fingerprint density at radius 2 is 2.05 bits per heavy atom. The minimum atomic E-state index is -4.46. The van der Waals surface area contributed by atoms with Crippen molar-refractivity contribution in [2.75, 3.05) is 0 Å². The monoisotopic (exact) mass is 310 g/mol. The molecule has 1 aliphatic rings. The van der Waals surface area contributed by atoms with Crippen molar-refractivity contribution in [3.8, 4) is 11.4 Å². The zero-order chi connectivity index (χ0) is 15.9. The van der Waals surface area contributed by atoms with Crippen LogP contribution in [0.5, 0.6) is 0 Å². The van der Waals surface area contributed by atoms with E-state index in [0.29, 0.717) is 18.7 Å². The lowest BCUT2D eigenvalue weighted by atomic mass is 9.96. The topological polar surface area (TPSA) is 55.1 Å². The lowest BCUT2D eigenvalue weighted by molar-refractivity contribution is -0.142. The highest BCUT2D eigenvalue weighted by Gasteiger charge is 2.35. The Bertz CT molecular complexity index is 722. The van der Waals surface area contributed by atoms with Crippen LogP contribution in [0.15, 0.2) is 30.5 Å². The van der Waals surface area contributed by atoms with Crippen LogP contribution in [0.25, 0.3) is 11.4 Å². The number of halogens is 3. The average Bonchev–Trinajstić information content (AvgIpc) is 2.89. The third kappa shape index (κ3) is 2.47. The van der Waals surface area contributed by atoms with Gasteiger partial charge in [0.05, 0.1) is 11.5 Å². The third-order valence-corrected chi connectivity index (χ3v) is 3.92. The van der Waals surface area contributed by atoms with Gasteiger partial charge in [0.25, 0.3) is 0 Å². The van der Waals surface area contributed by atoms with E-state index >= 15 is 0 Å². The lowest BCUT2D eigenvalue weighted by Gasteiger charge is -2.22. The number of fused-ring (bicyclic) bond motifs is 1. The van der Waals surface area contributed by atoms with Crippen LogP contribution in [-0.4, -0.2) is 20.6 Å². The Labute approximate surface area is 124 Å². The first-order chi connectivity index (χ1) is 10.4. The summed E-state index contributed by atoms with van der Waals surface area (Å²) in [5, 5.41) is 9.06. The highest BCUT2D eigenvalue weighted by molar-refractivity contribution is 5.71. The number of hydrogen-bond donors (Lipinski definition) is 1. The van der Waals surface area contributed by atoms with Crippen molar-refractivity contribution in [2.45, 2.75) is 25.6 Å². The Morgan fingerprint density at radius 3 is 2.73 bits per heavy atom. The quantitative estimate of drug-likeness (QED) is 0.926. The number of benzene rings is 1. The molecule has 1 unspecified atom stereocenters. The maximum atomic E-state index is 13.1. The van der Waals surface area contributed by atoms with E-state index in [-0.39, 0.29) is 17.8 Å². The molecular formula is C15H13F3N2O2. The first-order valence-electron chi connectivity index (χ1n) is 6.81. The number of rotatable bonds is 2. The SMILES string of the molecule is O=C(O)C1CCn2c(cnc2-c2ccccc2C(F)(F)F)C1. The van der Waals surface area contributed by atoms with E-state index in [0.717, 1.165) is 6.07 Å². The van der Waals surface area contributed by atoms with Gasteiger partial charge >= 0.3 is 12.1 Å². The summed E-state index contributed by atoms with van der Waals surface area (Å²) < 4.78 is 41.1. The zero-order valence-electron chi connectivity index (χ0n) is 11.5. The van der Waals surface area contributed by atoms with Gasteiger partial charge in [-0.2, -0.15) is 13.2 Å². The minimum Gasteiger partial charge on any atom is -0.481 e. The van der Waals surface area contributed by atoms with E-state index in [1.807, 2.05) is 0 Å². The van der Waals surface area contributed by atoms with Gasteiger partial charge in [-0.25, -0.2) is 4.98 Å². The fourth-order valence-corrected chi connectivity index (χ4v) is 2.81. The third-order valence-electron chi connectivity index (χ3n) is 3.92. The molecule has 0 spiro atoms. The molecule has 0 saturated carbocycles. The van der Waals surface area contributed by atoms with Crippen molar-refractivity contribution in [3.63, 3.8) is 0 Å². The summed E-state index contributed by atoms with van der Waals surface area (Å²) in [7, 11) is 0. The predicted octanol–water partition coefficient (Wildman–Crippen LogP) is 3.22. The minimum absolute atomic E-state index is 0.0232. The van der Waals surface area contributed by atoms with E-state index in [2.05, 4.69) is 4.98 Å². The van der Waals surface area contributed by atoms with Gasteiger partial charge in [-0.3, -0.25) is 4.79 Å². The van der Waals surface area contributed by atoms with E-state index in [1.54, 1.807) is 4.57 Å². The molecule has 1 N–H and O–H groups in total. The van der Waals surface area contributed by atoms with Gasteiger partial charge in [-0.1, -0.05) is 18.2 Å². The fraction of sp³-hybridized carbons (Fsp3) is 0.333. The zero-order valence-corrected chi connectivity index (χ0v) is 11.5. The van der Waals surface area contributed by atoms with Crippen LogP contribution in [0.3, 0.4) is 0 Å². The molecule has 0 fully saturated rings. The Hall–Kier alpha value is -2.31. The molecule has 3 rings (SSSR count). The number of aliphatic carboxylic acids is 1. The van der Waals surface area contributed by atoms with E-state index in [1.165, 1.54) is 24.4 Å². The maximum absolute atomic E-state index is 13.1. The summed E-state index contributed by atoms with van der Waals surface area (Å²) in [5.74, 6) is -1.15. The molecule has 1 atom stereocenters. The van der Waals surface area contributed by atoms with Gasteiger partial charge in [0.15, 0.2) is 0 Å². The van der Waals surface area contributed by atoms with Crippen molar-refractivity contribution in [1.29, 1.82) is 0 Å². The number of nitrogens with zero attached hydrogens (tertiary/aromatic N) is 2. The molecule has 4 nitrogen and oxygen atoms in total. The normalized spacial score (nSPS) is 18.0. The first kappa shape index (κ1) is 14.6. The first-order valence-corrected chi connectivity index (χ1v) is 6.81. The van der Waals surface area contributed by atoms with Crippen LogP contribution in [-0.2, 0) is 23.9 Å². The van der Waals surface area contributed by atoms with Crippen LogP contribution in [0, 0.1) is 5.92 Å². The number of alkyl halides is 3. The molecule has 116 valence electrons. The number of carboxylic acid groups (broad SMARTS) is 1. The number of aromatic nitrogens is 2. The van der Waals surface area contributed by atoms with Crippen molar-refractivity contribution < 1.29 is 23.1 Å². The van der Waals surface area contributed by atoms with Crippen LogP contribution in [0.4, 0.5) is 13.2 Å². The molecule has 0 aliphatic carbocycles. The molecule has 2 aromatic rings. The van der Waals surface area contributed by atoms with Gasteiger partial charge in [-0.15, -0.1) is 0 Å². The van der Waals surface area contributed by atoms with Crippen LogP contribution >= 0.6 is 0 Å². The van der Waals surface area contributed by atoms with Gasteiger partial charge < -0.3 is 9.67 Å². The van der Waals surface area contributed by atoms with Gasteiger partial charge in [0.1, 0.15) is 5.82 Å². The summed E-state index contributed by atoms with van der Waals surface area (Å²) in [6.45, 7) is 0.355. The van der Waals surface area contributed by atoms with Crippen molar-refractivity contribution in [2.24, 2.45) is 5.92 Å². The highest BCUT2D eigenvalue weighted by atomic mass is 19.4. The molecule has 0 saturated heterocycles. The van der Waals surface area contributed by atoms with Crippen molar-refractivity contribution in [1.82, 2.24) is 9.55 Å². The summed E-state index contributed by atoms with van der Waals surface area (Å²) in [5.41, 5.74) is -0.0515. The Kier molecular flexibility index (Phi) is 3.42. The second kappa shape index (κ2) is 5.15. The van der Waals surface area contributed by atoms with Gasteiger partial charge in [-0.05, 0) is 12.5 Å². The van der Waals surface area contributed by atoms with E-state index in [4.69, 9.17) is 5.11 Å². The second-order valence-electron chi connectivity index (χ2n) is 5.30. The number of imidazole rings is 1. The molecule has 1 aromatic heterocycles. The number of carbonyl (C=O) groups is 1. The second-order valence-corrected chi connectivity index (χ2v) is 5.30. The molecule has 0 bridgehead atoms. The Morgan fingerprint density at radius 1 is 1.32 bits per heavy atom. The van der Waals surface area contributed by atoms with E-state index in [9.17, 15) is 18.0 Å². The lowest BCUT2D eigenvalue weighted by Crippen LogP contribution is -2.25. The molecule has 22 heavy (non-hydrogen) atoms. The standard InChI is InChI=1S/C15H13F3N2O2/c16-15(17,18)12-4-2-1-3-11(12)13-19-8-10-7-9(14(21)22)5-6-20(10)13/h1-4,8-9H,5-7H2,(H,21,22). The maximum Gasteiger partial charge on any atom is 0.417 e. The molecule has 1 aromatic carbocycles. The largest absolute Gasteiger partial charge is 0.481 e. The summed E-state index contributed by atoms with van der Waals surface area (Å²) >= 11 is 0. The van der Waals surface area contributed by atoms with E-state index < -0.39 is 23.6 Å². The summed E-state index contributed by atoms with van der Waals surface area (Å²) in [6, 6.07) is 5.30. The van der Waals surface area contributed by atoms with Gasteiger partial charge in [0, 0.05) is 30.4 Å².